The van der Waals surface area contributed by atoms with Gasteiger partial charge in [0.1, 0.15) is 0 Å². The number of thioether (sulfide) groups is 1. The van der Waals surface area contributed by atoms with Crippen LogP contribution in [-0.4, -0.2) is 16.8 Å². The Morgan fingerprint density at radius 2 is 2.14 bits per heavy atom. The van der Waals surface area contributed by atoms with Crippen LogP contribution in [0.3, 0.4) is 0 Å². The van der Waals surface area contributed by atoms with E-state index in [4.69, 9.17) is 12.2 Å². The molecule has 14 heavy (non-hydrogen) atoms. The van der Waals surface area contributed by atoms with Crippen molar-refractivity contribution in [3.05, 3.63) is 34.3 Å². The number of benzene rings is 1. The first-order chi connectivity index (χ1) is 6.72. The normalized spacial score (nSPS) is 10.4. The summed E-state index contributed by atoms with van der Waals surface area (Å²) >= 11 is 9.75. The van der Waals surface area contributed by atoms with Crippen LogP contribution in [0.2, 0.25) is 0 Å². The largest absolute Gasteiger partial charge is 0.262 e. The molecule has 0 fully saturated rings. The second-order valence-electron chi connectivity index (χ2n) is 2.41. The minimum absolute atomic E-state index is 0.665. The maximum atomic E-state index is 4.92. The predicted octanol–water partition coefficient (Wildman–Crippen LogP) is 3.02. The second kappa shape index (κ2) is 6.16. The zero-order valence-corrected chi connectivity index (χ0v) is 10.7. The summed E-state index contributed by atoms with van der Waals surface area (Å²) in [5.74, 6) is 0. The second-order valence-corrected chi connectivity index (χ2v) is 4.81. The first-order valence-corrected chi connectivity index (χ1v) is 6.27. The fourth-order valence-electron chi connectivity index (χ4n) is 0.754. The van der Waals surface area contributed by atoms with Crippen LogP contribution in [0, 0.1) is 0 Å². The first-order valence-electron chi connectivity index (χ1n) is 3.85. The molecule has 0 atom stereocenters. The molecular formula is C9H9BrN2S2. The zero-order chi connectivity index (χ0) is 10.4. The van der Waals surface area contributed by atoms with Crippen molar-refractivity contribution in [1.29, 1.82) is 0 Å². The van der Waals surface area contributed by atoms with E-state index in [1.165, 1.54) is 11.8 Å². The predicted molar refractivity (Wildman–Crippen MR) is 71.0 cm³/mol. The summed E-state index contributed by atoms with van der Waals surface area (Å²) in [6, 6.07) is 7.87. The summed E-state index contributed by atoms with van der Waals surface area (Å²) in [6.45, 7) is 0. The molecule has 1 aromatic rings. The van der Waals surface area contributed by atoms with Gasteiger partial charge in [0.15, 0.2) is 4.32 Å². The summed E-state index contributed by atoms with van der Waals surface area (Å²) in [6.07, 6.45) is 3.64. The Morgan fingerprint density at radius 1 is 1.50 bits per heavy atom. The van der Waals surface area contributed by atoms with E-state index < -0.39 is 0 Å². The average molecular weight is 289 g/mol. The van der Waals surface area contributed by atoms with Crippen LogP contribution in [0.4, 0.5) is 0 Å². The molecule has 0 spiro atoms. The van der Waals surface area contributed by atoms with Gasteiger partial charge in [0.05, 0.1) is 6.21 Å². The van der Waals surface area contributed by atoms with E-state index in [0.717, 1.165) is 10.0 Å². The molecular weight excluding hydrogens is 280 g/mol. The highest BCUT2D eigenvalue weighted by atomic mass is 79.9. The number of hydrogen-bond acceptors (Lipinski definition) is 3. The molecule has 2 nitrogen and oxygen atoms in total. The fourth-order valence-corrected chi connectivity index (χ4v) is 1.22. The maximum Gasteiger partial charge on any atom is 0.153 e. The Kier molecular flexibility index (Phi) is 5.14. The highest BCUT2D eigenvalue weighted by Gasteiger charge is 1.89. The van der Waals surface area contributed by atoms with Crippen LogP contribution in [-0.2, 0) is 0 Å². The number of nitrogens with zero attached hydrogens (tertiary/aromatic N) is 1. The van der Waals surface area contributed by atoms with E-state index in [2.05, 4.69) is 26.5 Å². The lowest BCUT2D eigenvalue weighted by atomic mass is 10.2. The Morgan fingerprint density at radius 3 is 2.71 bits per heavy atom. The molecule has 0 bridgehead atoms. The van der Waals surface area contributed by atoms with Crippen LogP contribution in [0.15, 0.2) is 33.8 Å². The van der Waals surface area contributed by atoms with Crippen molar-refractivity contribution in [1.82, 2.24) is 5.43 Å². The average Bonchev–Trinajstić information content (AvgIpc) is 2.21. The van der Waals surface area contributed by atoms with Crippen LogP contribution in [0.5, 0.6) is 0 Å². The summed E-state index contributed by atoms with van der Waals surface area (Å²) < 4.78 is 1.72. The third kappa shape index (κ3) is 4.21. The summed E-state index contributed by atoms with van der Waals surface area (Å²) in [5.41, 5.74) is 3.78. The molecule has 0 amide bonds. The van der Waals surface area contributed by atoms with Crippen molar-refractivity contribution in [2.75, 3.05) is 6.26 Å². The van der Waals surface area contributed by atoms with Crippen LogP contribution in [0.1, 0.15) is 5.56 Å². The number of rotatable bonds is 2. The van der Waals surface area contributed by atoms with Gasteiger partial charge in [0.25, 0.3) is 0 Å². The standard InChI is InChI=1S/C9H9BrN2S2/c1-14-9(13)12-11-6-7-2-4-8(10)5-3-7/h2-6H,1H3,(H,12,13)/b11-6+. The highest BCUT2D eigenvalue weighted by Crippen LogP contribution is 2.08. The molecule has 1 rings (SSSR count). The summed E-state index contributed by atoms with van der Waals surface area (Å²) in [5, 5.41) is 3.99. The van der Waals surface area contributed by atoms with Gasteiger partial charge in [-0.25, -0.2) is 0 Å². The lowest BCUT2D eigenvalue weighted by Crippen LogP contribution is -2.10. The number of hydrogen-bond donors (Lipinski definition) is 1. The fraction of sp³-hybridized carbons (Fsp3) is 0.111. The molecule has 0 aromatic heterocycles. The van der Waals surface area contributed by atoms with Crippen LogP contribution in [0.25, 0.3) is 0 Å². The molecule has 0 saturated carbocycles. The monoisotopic (exact) mass is 288 g/mol. The molecule has 0 aliphatic heterocycles. The molecule has 74 valence electrons. The number of thiocarbonyl (C=S) groups is 1. The number of hydrazone groups is 1. The van der Waals surface area contributed by atoms with Crippen molar-refractivity contribution in [2.45, 2.75) is 0 Å². The third-order valence-electron chi connectivity index (χ3n) is 1.42. The van der Waals surface area contributed by atoms with Gasteiger partial charge in [-0.3, -0.25) is 5.43 Å². The van der Waals surface area contributed by atoms with Gasteiger partial charge >= 0.3 is 0 Å². The minimum atomic E-state index is 0.665. The Bertz CT molecular complexity index is 335. The van der Waals surface area contributed by atoms with E-state index in [0.29, 0.717) is 4.32 Å². The van der Waals surface area contributed by atoms with Gasteiger partial charge < -0.3 is 0 Å². The van der Waals surface area contributed by atoms with E-state index >= 15 is 0 Å². The van der Waals surface area contributed by atoms with Crippen LogP contribution >= 0.6 is 39.9 Å². The molecule has 0 heterocycles. The van der Waals surface area contributed by atoms with E-state index in [1.54, 1.807) is 6.21 Å². The van der Waals surface area contributed by atoms with E-state index in [1.807, 2.05) is 30.5 Å². The number of nitrogens with one attached hydrogen (secondary N) is 1. The third-order valence-corrected chi connectivity index (χ3v) is 3.01. The summed E-state index contributed by atoms with van der Waals surface area (Å²) in [7, 11) is 0. The molecule has 1 aromatic carbocycles. The van der Waals surface area contributed by atoms with Crippen molar-refractivity contribution < 1.29 is 0 Å². The van der Waals surface area contributed by atoms with Crippen molar-refractivity contribution >= 4 is 50.4 Å². The van der Waals surface area contributed by atoms with Gasteiger partial charge in [-0.15, -0.1) is 0 Å². The van der Waals surface area contributed by atoms with Gasteiger partial charge in [0.2, 0.25) is 0 Å². The lowest BCUT2D eigenvalue weighted by molar-refractivity contribution is 1.07. The van der Waals surface area contributed by atoms with Gasteiger partial charge in [0, 0.05) is 4.47 Å². The van der Waals surface area contributed by atoms with Crippen molar-refractivity contribution in [3.8, 4) is 0 Å². The van der Waals surface area contributed by atoms with Gasteiger partial charge in [-0.1, -0.05) is 52.0 Å². The number of halogens is 1. The highest BCUT2D eigenvalue weighted by molar-refractivity contribution is 9.10. The van der Waals surface area contributed by atoms with Crippen molar-refractivity contribution in [2.24, 2.45) is 5.10 Å². The molecule has 0 unspecified atom stereocenters. The topological polar surface area (TPSA) is 24.4 Å². The summed E-state index contributed by atoms with van der Waals surface area (Å²) in [4.78, 5) is 0. The Hall–Kier alpha value is -0.390. The molecule has 0 aliphatic carbocycles. The molecule has 0 radical (unpaired) electrons. The Balaban J connectivity index is 2.52. The first kappa shape index (κ1) is 11.7. The Labute approximate surface area is 101 Å². The van der Waals surface area contributed by atoms with Gasteiger partial charge in [-0.2, -0.15) is 5.10 Å². The zero-order valence-electron chi connectivity index (χ0n) is 7.53. The van der Waals surface area contributed by atoms with Crippen molar-refractivity contribution in [3.63, 3.8) is 0 Å². The molecule has 0 aliphatic rings. The van der Waals surface area contributed by atoms with E-state index in [9.17, 15) is 0 Å². The molecule has 1 N–H and O–H groups in total. The SMILES string of the molecule is CSC(=S)N/N=C/c1ccc(Br)cc1. The maximum absolute atomic E-state index is 4.92. The molecule has 5 heteroatoms. The smallest absolute Gasteiger partial charge is 0.153 e. The van der Waals surface area contributed by atoms with Gasteiger partial charge in [-0.05, 0) is 24.0 Å². The quantitative estimate of drug-likeness (QED) is 0.514. The minimum Gasteiger partial charge on any atom is -0.262 e. The lowest BCUT2D eigenvalue weighted by Gasteiger charge is -1.97. The molecule has 0 saturated heterocycles. The van der Waals surface area contributed by atoms with Crippen LogP contribution < -0.4 is 5.43 Å². The van der Waals surface area contributed by atoms with E-state index in [-0.39, 0.29) is 0 Å².